The van der Waals surface area contributed by atoms with Gasteiger partial charge in [-0.3, -0.25) is 4.79 Å². The highest BCUT2D eigenvalue weighted by molar-refractivity contribution is 5.95. The third-order valence-corrected chi connectivity index (χ3v) is 3.26. The Labute approximate surface area is 136 Å². The zero-order chi connectivity index (χ0) is 17.7. The molecule has 0 fully saturated rings. The Kier molecular flexibility index (Phi) is 5.23. The van der Waals surface area contributed by atoms with Crippen molar-refractivity contribution in [2.24, 2.45) is 0 Å². The van der Waals surface area contributed by atoms with Crippen LogP contribution in [0.3, 0.4) is 0 Å². The molecule has 4 nitrogen and oxygen atoms in total. The van der Waals surface area contributed by atoms with Gasteiger partial charge < -0.3 is 10.6 Å². The Balaban J connectivity index is 1.92. The predicted molar refractivity (Wildman–Crippen MR) is 83.7 cm³/mol. The Hall–Kier alpha value is -2.83. The van der Waals surface area contributed by atoms with Gasteiger partial charge in [-0.15, -0.1) is 0 Å². The van der Waals surface area contributed by atoms with E-state index in [9.17, 15) is 22.8 Å². The summed E-state index contributed by atoms with van der Waals surface area (Å²) < 4.78 is 37.9. The van der Waals surface area contributed by atoms with E-state index < -0.39 is 17.8 Å². The maximum atomic E-state index is 12.6. The third kappa shape index (κ3) is 4.84. The third-order valence-electron chi connectivity index (χ3n) is 3.26. The number of anilines is 1. The number of benzene rings is 2. The van der Waals surface area contributed by atoms with E-state index in [1.165, 1.54) is 19.1 Å². The van der Waals surface area contributed by atoms with E-state index in [4.69, 9.17) is 0 Å². The summed E-state index contributed by atoms with van der Waals surface area (Å²) in [5.41, 5.74) is 0.570. The summed E-state index contributed by atoms with van der Waals surface area (Å²) in [6, 6.07) is 10.5. The summed E-state index contributed by atoms with van der Waals surface area (Å²) >= 11 is 0. The van der Waals surface area contributed by atoms with Crippen molar-refractivity contribution in [3.05, 3.63) is 65.2 Å². The predicted octanol–water partition coefficient (Wildman–Crippen LogP) is 4.23. The highest BCUT2D eigenvalue weighted by atomic mass is 19.4. The molecule has 0 radical (unpaired) electrons. The van der Waals surface area contributed by atoms with Gasteiger partial charge in [0.1, 0.15) is 0 Å². The van der Waals surface area contributed by atoms with Gasteiger partial charge in [-0.25, -0.2) is 4.79 Å². The fourth-order valence-corrected chi connectivity index (χ4v) is 2.00. The first-order valence-corrected chi connectivity index (χ1v) is 7.08. The molecule has 0 heterocycles. The quantitative estimate of drug-likeness (QED) is 0.821. The molecule has 24 heavy (non-hydrogen) atoms. The molecule has 2 rings (SSSR count). The minimum absolute atomic E-state index is 0.0404. The lowest BCUT2D eigenvalue weighted by molar-refractivity contribution is -0.137. The maximum Gasteiger partial charge on any atom is 0.416 e. The zero-order valence-electron chi connectivity index (χ0n) is 12.8. The lowest BCUT2D eigenvalue weighted by atomic mass is 10.1. The number of amides is 2. The normalized spacial score (nSPS) is 11.0. The van der Waals surface area contributed by atoms with Gasteiger partial charge in [0.05, 0.1) is 5.56 Å². The number of carbonyl (C=O) groups excluding carboxylic acids is 2. The molecule has 2 N–H and O–H groups in total. The van der Waals surface area contributed by atoms with Crippen molar-refractivity contribution in [3.63, 3.8) is 0 Å². The molecule has 0 saturated heterocycles. The van der Waals surface area contributed by atoms with Crippen LogP contribution in [0.25, 0.3) is 0 Å². The second kappa shape index (κ2) is 7.16. The number of halogens is 3. The molecule has 7 heteroatoms. The molecule has 0 unspecified atom stereocenters. The van der Waals surface area contributed by atoms with Crippen LogP contribution in [0.1, 0.15) is 28.4 Å². The highest BCUT2D eigenvalue weighted by Crippen LogP contribution is 2.29. The number of nitrogens with one attached hydrogen (secondary N) is 2. The van der Waals surface area contributed by atoms with Crippen molar-refractivity contribution in [3.8, 4) is 0 Å². The van der Waals surface area contributed by atoms with Gasteiger partial charge in [0.2, 0.25) is 0 Å². The number of ketones is 1. The Morgan fingerprint density at radius 2 is 1.71 bits per heavy atom. The molecule has 0 bridgehead atoms. The fraction of sp³-hybridized carbons (Fsp3) is 0.176. The summed E-state index contributed by atoms with van der Waals surface area (Å²) in [4.78, 5) is 22.9. The number of rotatable bonds is 4. The van der Waals surface area contributed by atoms with E-state index in [1.54, 1.807) is 24.3 Å². The molecule has 0 spiro atoms. The minimum atomic E-state index is -4.42. The van der Waals surface area contributed by atoms with Crippen LogP contribution >= 0.6 is 0 Å². The summed E-state index contributed by atoms with van der Waals surface area (Å²) in [6.07, 6.45) is -4.42. The molecule has 2 aromatic rings. The average molecular weight is 336 g/mol. The van der Waals surface area contributed by atoms with Crippen molar-refractivity contribution in [2.75, 3.05) is 5.32 Å². The van der Waals surface area contributed by atoms with E-state index in [-0.39, 0.29) is 12.3 Å². The minimum Gasteiger partial charge on any atom is -0.334 e. The smallest absolute Gasteiger partial charge is 0.334 e. The van der Waals surface area contributed by atoms with Gasteiger partial charge in [-0.05, 0) is 48.9 Å². The van der Waals surface area contributed by atoms with Crippen LogP contribution in [0.2, 0.25) is 0 Å². The first-order chi connectivity index (χ1) is 11.3. The SMILES string of the molecule is CC(=O)c1ccc(NC(=O)NCc2cccc(C(F)(F)F)c2)cc1. The van der Waals surface area contributed by atoms with E-state index in [1.807, 2.05) is 0 Å². The molecule has 126 valence electrons. The number of urea groups is 1. The molecule has 0 aliphatic carbocycles. The highest BCUT2D eigenvalue weighted by Gasteiger charge is 2.30. The van der Waals surface area contributed by atoms with Gasteiger partial charge >= 0.3 is 12.2 Å². The number of hydrogen-bond acceptors (Lipinski definition) is 2. The van der Waals surface area contributed by atoms with Crippen molar-refractivity contribution in [1.29, 1.82) is 0 Å². The van der Waals surface area contributed by atoms with E-state index in [2.05, 4.69) is 10.6 Å². The largest absolute Gasteiger partial charge is 0.416 e. The summed E-state index contributed by atoms with van der Waals surface area (Å²) in [6.45, 7) is 1.39. The van der Waals surface area contributed by atoms with Crippen molar-refractivity contribution >= 4 is 17.5 Å². The van der Waals surface area contributed by atoms with Crippen LogP contribution < -0.4 is 10.6 Å². The van der Waals surface area contributed by atoms with Crippen LogP contribution in [0, 0.1) is 0 Å². The Morgan fingerprint density at radius 3 is 2.29 bits per heavy atom. The average Bonchev–Trinajstić information content (AvgIpc) is 2.53. The monoisotopic (exact) mass is 336 g/mol. The molecular weight excluding hydrogens is 321 g/mol. The molecule has 0 atom stereocenters. The van der Waals surface area contributed by atoms with Gasteiger partial charge in [0.15, 0.2) is 5.78 Å². The van der Waals surface area contributed by atoms with Crippen LogP contribution in [0.15, 0.2) is 48.5 Å². The molecule has 0 saturated carbocycles. The summed E-state index contributed by atoms with van der Waals surface area (Å²) in [5.74, 6) is -0.0875. The number of Topliss-reactive ketones (excluding diaryl/α,β-unsaturated/α-hetero) is 1. The van der Waals surface area contributed by atoms with Crippen molar-refractivity contribution in [1.82, 2.24) is 5.32 Å². The van der Waals surface area contributed by atoms with Gasteiger partial charge in [0.25, 0.3) is 0 Å². The first kappa shape index (κ1) is 17.5. The Bertz CT molecular complexity index is 740. The first-order valence-electron chi connectivity index (χ1n) is 7.08. The number of hydrogen-bond donors (Lipinski definition) is 2. The molecule has 0 aromatic heterocycles. The Morgan fingerprint density at radius 1 is 1.04 bits per heavy atom. The molecule has 0 aliphatic rings. The number of carbonyl (C=O) groups is 2. The summed E-state index contributed by atoms with van der Waals surface area (Å²) in [7, 11) is 0. The molecule has 2 aromatic carbocycles. The van der Waals surface area contributed by atoms with Crippen LogP contribution in [0.4, 0.5) is 23.7 Å². The van der Waals surface area contributed by atoms with Gasteiger partial charge in [-0.2, -0.15) is 13.2 Å². The summed E-state index contributed by atoms with van der Waals surface area (Å²) in [5, 5.41) is 5.02. The second-order valence-corrected chi connectivity index (χ2v) is 5.14. The lowest BCUT2D eigenvalue weighted by Crippen LogP contribution is -2.28. The van der Waals surface area contributed by atoms with E-state index >= 15 is 0 Å². The van der Waals surface area contributed by atoms with Crippen LogP contribution in [-0.4, -0.2) is 11.8 Å². The van der Waals surface area contributed by atoms with Gasteiger partial charge in [-0.1, -0.05) is 12.1 Å². The standard InChI is InChI=1S/C17H15F3N2O2/c1-11(23)13-5-7-15(8-6-13)22-16(24)21-10-12-3-2-4-14(9-12)17(18,19)20/h2-9H,10H2,1H3,(H2,21,22,24). The fourth-order valence-electron chi connectivity index (χ4n) is 2.00. The van der Waals surface area contributed by atoms with Crippen molar-refractivity contribution < 1.29 is 22.8 Å². The van der Waals surface area contributed by atoms with Crippen molar-refractivity contribution in [2.45, 2.75) is 19.6 Å². The molecule has 2 amide bonds. The topological polar surface area (TPSA) is 58.2 Å². The molecule has 0 aliphatic heterocycles. The zero-order valence-corrected chi connectivity index (χ0v) is 12.8. The lowest BCUT2D eigenvalue weighted by Gasteiger charge is -2.10. The van der Waals surface area contributed by atoms with E-state index in [0.29, 0.717) is 16.8 Å². The van der Waals surface area contributed by atoms with E-state index in [0.717, 1.165) is 12.1 Å². The van der Waals surface area contributed by atoms with Gasteiger partial charge in [0, 0.05) is 17.8 Å². The van der Waals surface area contributed by atoms with Crippen LogP contribution in [0.5, 0.6) is 0 Å². The molecular formula is C17H15F3N2O2. The second-order valence-electron chi connectivity index (χ2n) is 5.14. The maximum absolute atomic E-state index is 12.6. The number of alkyl halides is 3. The van der Waals surface area contributed by atoms with Crippen LogP contribution in [-0.2, 0) is 12.7 Å².